The van der Waals surface area contributed by atoms with Crippen molar-refractivity contribution in [2.75, 3.05) is 18.0 Å². The molecule has 4 rings (SSSR count). The summed E-state index contributed by atoms with van der Waals surface area (Å²) in [5.74, 6) is 0.127. The Labute approximate surface area is 158 Å². The molecule has 0 aliphatic carbocycles. The highest BCUT2D eigenvalue weighted by molar-refractivity contribution is 6.01. The molecular formula is C19H22ClN3O3. The third kappa shape index (κ3) is 3.61. The van der Waals surface area contributed by atoms with E-state index in [9.17, 15) is 9.59 Å². The Kier molecular flexibility index (Phi) is 5.64. The summed E-state index contributed by atoms with van der Waals surface area (Å²) in [5, 5.41) is 6.30. The average molecular weight is 376 g/mol. The van der Waals surface area contributed by atoms with Gasteiger partial charge in [0.25, 0.3) is 5.91 Å². The topological polar surface area (TPSA) is 74.6 Å². The van der Waals surface area contributed by atoms with Gasteiger partial charge >= 0.3 is 0 Å². The number of carbonyl (C=O) groups is 2. The van der Waals surface area contributed by atoms with Gasteiger partial charge in [-0.3, -0.25) is 9.59 Å². The molecule has 0 radical (unpaired) electrons. The van der Waals surface area contributed by atoms with Crippen molar-refractivity contribution in [1.82, 2.24) is 10.6 Å². The summed E-state index contributed by atoms with van der Waals surface area (Å²) in [6.07, 6.45) is 3.93. The van der Waals surface area contributed by atoms with Crippen LogP contribution in [-0.2, 0) is 17.8 Å². The molecule has 2 amide bonds. The summed E-state index contributed by atoms with van der Waals surface area (Å²) in [4.78, 5) is 26.6. The van der Waals surface area contributed by atoms with Gasteiger partial charge in [0, 0.05) is 23.8 Å². The predicted octanol–water partition coefficient (Wildman–Crippen LogP) is 2.27. The molecular weight excluding hydrogens is 354 g/mol. The van der Waals surface area contributed by atoms with Crippen molar-refractivity contribution in [3.8, 4) is 0 Å². The number of anilines is 1. The highest BCUT2D eigenvalue weighted by atomic mass is 35.5. The van der Waals surface area contributed by atoms with Crippen LogP contribution in [-0.4, -0.2) is 30.9 Å². The Balaban J connectivity index is 0.00000196. The standard InChI is InChI=1S/C19H21N3O3.ClH/c23-17-10-13-4-1-2-6-16(13)22(17)12-14-7-9-25-18(14)19(24)21-15-5-3-8-20-11-15;/h1-2,4,6-7,9,15,20H,3,5,8,10-12H2,(H,21,24);1H. The number of para-hydroxylation sites is 1. The second-order valence-corrected chi connectivity index (χ2v) is 6.58. The fourth-order valence-corrected chi connectivity index (χ4v) is 3.55. The second kappa shape index (κ2) is 7.93. The van der Waals surface area contributed by atoms with Crippen LogP contribution in [0.4, 0.5) is 5.69 Å². The lowest BCUT2D eigenvalue weighted by Gasteiger charge is -2.23. The zero-order valence-corrected chi connectivity index (χ0v) is 15.2. The van der Waals surface area contributed by atoms with Gasteiger partial charge in [0.15, 0.2) is 5.76 Å². The molecule has 2 aromatic rings. The second-order valence-electron chi connectivity index (χ2n) is 6.58. The molecule has 2 aliphatic rings. The smallest absolute Gasteiger partial charge is 0.287 e. The fourth-order valence-electron chi connectivity index (χ4n) is 3.55. The van der Waals surface area contributed by atoms with E-state index >= 15 is 0 Å². The number of furan rings is 1. The van der Waals surface area contributed by atoms with Gasteiger partial charge in [-0.25, -0.2) is 0 Å². The minimum Gasteiger partial charge on any atom is -0.459 e. The number of nitrogens with zero attached hydrogens (tertiary/aromatic N) is 1. The summed E-state index contributed by atoms with van der Waals surface area (Å²) in [6, 6.07) is 9.64. The summed E-state index contributed by atoms with van der Waals surface area (Å²) in [5.41, 5.74) is 2.66. The van der Waals surface area contributed by atoms with Crippen molar-refractivity contribution in [2.24, 2.45) is 0 Å². The largest absolute Gasteiger partial charge is 0.459 e. The molecule has 6 nitrogen and oxygen atoms in total. The van der Waals surface area contributed by atoms with Crippen molar-refractivity contribution in [3.63, 3.8) is 0 Å². The maximum Gasteiger partial charge on any atom is 0.287 e. The van der Waals surface area contributed by atoms with E-state index in [1.807, 2.05) is 24.3 Å². The zero-order valence-electron chi connectivity index (χ0n) is 14.4. The summed E-state index contributed by atoms with van der Waals surface area (Å²) < 4.78 is 5.43. The monoisotopic (exact) mass is 375 g/mol. The SMILES string of the molecule is Cl.O=C(NC1CCCNC1)c1occc1CN1C(=O)Cc2ccccc21. The number of fused-ring (bicyclic) bond motifs is 1. The van der Waals surface area contributed by atoms with Crippen LogP contribution in [0.2, 0.25) is 0 Å². The molecule has 2 aliphatic heterocycles. The van der Waals surface area contributed by atoms with Crippen LogP contribution in [0, 0.1) is 0 Å². The first-order valence-corrected chi connectivity index (χ1v) is 8.68. The molecule has 0 bridgehead atoms. The molecule has 1 fully saturated rings. The van der Waals surface area contributed by atoms with Gasteiger partial charge < -0.3 is 20.0 Å². The highest BCUT2D eigenvalue weighted by Crippen LogP contribution is 2.30. The number of nitrogens with one attached hydrogen (secondary N) is 2. The Morgan fingerprint density at radius 1 is 1.31 bits per heavy atom. The van der Waals surface area contributed by atoms with E-state index in [0.29, 0.717) is 18.7 Å². The van der Waals surface area contributed by atoms with Crippen molar-refractivity contribution in [3.05, 3.63) is 53.5 Å². The Morgan fingerprint density at radius 3 is 2.96 bits per heavy atom. The van der Waals surface area contributed by atoms with Crippen LogP contribution in [0.25, 0.3) is 0 Å². The van der Waals surface area contributed by atoms with E-state index in [-0.39, 0.29) is 30.3 Å². The minimum absolute atomic E-state index is 0. The van der Waals surface area contributed by atoms with E-state index in [1.54, 1.807) is 11.0 Å². The first kappa shape index (κ1) is 18.5. The zero-order chi connectivity index (χ0) is 17.2. The van der Waals surface area contributed by atoms with Crippen LogP contribution in [0.15, 0.2) is 41.0 Å². The van der Waals surface area contributed by atoms with E-state index in [4.69, 9.17) is 4.42 Å². The van der Waals surface area contributed by atoms with Crippen molar-refractivity contribution >= 4 is 29.9 Å². The van der Waals surface area contributed by atoms with Gasteiger partial charge in [-0.2, -0.15) is 0 Å². The Bertz CT molecular complexity index is 799. The number of carbonyl (C=O) groups excluding carboxylic acids is 2. The molecule has 0 saturated carbocycles. The molecule has 1 saturated heterocycles. The summed E-state index contributed by atoms with van der Waals surface area (Å²) >= 11 is 0. The van der Waals surface area contributed by atoms with Crippen LogP contribution in [0.3, 0.4) is 0 Å². The van der Waals surface area contributed by atoms with Crippen molar-refractivity contribution in [1.29, 1.82) is 0 Å². The molecule has 1 atom stereocenters. The molecule has 138 valence electrons. The molecule has 0 spiro atoms. The lowest BCUT2D eigenvalue weighted by atomic mass is 10.1. The first-order chi connectivity index (χ1) is 12.2. The molecule has 1 aromatic carbocycles. The van der Waals surface area contributed by atoms with Crippen molar-refractivity contribution in [2.45, 2.75) is 31.8 Å². The third-order valence-corrected chi connectivity index (χ3v) is 4.84. The number of halogens is 1. The van der Waals surface area contributed by atoms with E-state index in [0.717, 1.165) is 42.7 Å². The van der Waals surface area contributed by atoms with E-state index in [2.05, 4.69) is 10.6 Å². The molecule has 26 heavy (non-hydrogen) atoms. The van der Waals surface area contributed by atoms with Crippen LogP contribution in [0.5, 0.6) is 0 Å². The number of hydrogen-bond donors (Lipinski definition) is 2. The fraction of sp³-hybridized carbons (Fsp3) is 0.368. The predicted molar refractivity (Wildman–Crippen MR) is 101 cm³/mol. The van der Waals surface area contributed by atoms with Gasteiger partial charge in [-0.15, -0.1) is 12.4 Å². The van der Waals surface area contributed by atoms with Gasteiger partial charge in [0.2, 0.25) is 5.91 Å². The van der Waals surface area contributed by atoms with Gasteiger partial charge in [-0.05, 0) is 37.1 Å². The molecule has 1 unspecified atom stereocenters. The first-order valence-electron chi connectivity index (χ1n) is 8.68. The quantitative estimate of drug-likeness (QED) is 0.859. The summed E-state index contributed by atoms with van der Waals surface area (Å²) in [7, 11) is 0. The molecule has 2 N–H and O–H groups in total. The summed E-state index contributed by atoms with van der Waals surface area (Å²) in [6.45, 7) is 2.12. The molecule has 1 aromatic heterocycles. The Morgan fingerprint density at radius 2 is 2.15 bits per heavy atom. The van der Waals surface area contributed by atoms with Gasteiger partial charge in [0.1, 0.15) is 0 Å². The maximum absolute atomic E-state index is 12.6. The highest BCUT2D eigenvalue weighted by Gasteiger charge is 2.29. The average Bonchev–Trinajstić information content (AvgIpc) is 3.21. The third-order valence-electron chi connectivity index (χ3n) is 4.84. The van der Waals surface area contributed by atoms with E-state index < -0.39 is 0 Å². The van der Waals surface area contributed by atoms with Gasteiger partial charge in [-0.1, -0.05) is 18.2 Å². The minimum atomic E-state index is -0.214. The number of rotatable bonds is 4. The number of piperidine rings is 1. The van der Waals surface area contributed by atoms with Gasteiger partial charge in [0.05, 0.1) is 19.2 Å². The lowest BCUT2D eigenvalue weighted by molar-refractivity contribution is -0.117. The number of amides is 2. The Hall–Kier alpha value is -2.31. The maximum atomic E-state index is 12.6. The molecule has 3 heterocycles. The lowest BCUT2D eigenvalue weighted by Crippen LogP contribution is -2.45. The van der Waals surface area contributed by atoms with Crippen molar-refractivity contribution < 1.29 is 14.0 Å². The van der Waals surface area contributed by atoms with Crippen LogP contribution in [0.1, 0.15) is 34.5 Å². The van der Waals surface area contributed by atoms with Crippen LogP contribution >= 0.6 is 12.4 Å². The van der Waals surface area contributed by atoms with E-state index in [1.165, 1.54) is 6.26 Å². The molecule has 7 heteroatoms. The number of benzene rings is 1. The normalized spacial score (nSPS) is 19.0. The number of hydrogen-bond acceptors (Lipinski definition) is 4. The van der Waals surface area contributed by atoms with Crippen LogP contribution < -0.4 is 15.5 Å².